The third kappa shape index (κ3) is 4.62. The van der Waals surface area contributed by atoms with Gasteiger partial charge in [0.25, 0.3) is 0 Å². The molecule has 0 radical (unpaired) electrons. The zero-order valence-corrected chi connectivity index (χ0v) is 28.5. The van der Waals surface area contributed by atoms with Crippen molar-refractivity contribution >= 4 is 31.4 Å². The Labute approximate surface area is 288 Å². The van der Waals surface area contributed by atoms with Gasteiger partial charge in [-0.05, 0) is 79.5 Å². The largest absolute Gasteiger partial charge is 0.472 e. The normalized spacial score (nSPS) is 16.9. The minimum absolute atomic E-state index is 0.277. The summed E-state index contributed by atoms with van der Waals surface area (Å²) in [6.45, 7) is 4.58. The Hall–Kier alpha value is -5.30. The maximum atomic E-state index is 15.2. The van der Waals surface area contributed by atoms with E-state index in [9.17, 15) is 0 Å². The lowest BCUT2D eigenvalue weighted by atomic mass is 9.76. The van der Waals surface area contributed by atoms with E-state index in [1.807, 2.05) is 30.3 Å². The molecule has 0 fully saturated rings. The Kier molecular flexibility index (Phi) is 6.77. The Morgan fingerprint density at radius 1 is 0.592 bits per heavy atom. The number of hydrogen-bond acceptors (Lipinski definition) is 1. The van der Waals surface area contributed by atoms with E-state index in [1.165, 1.54) is 33.4 Å². The van der Waals surface area contributed by atoms with Crippen LogP contribution in [0.4, 0.5) is 4.39 Å². The summed E-state index contributed by atoms with van der Waals surface area (Å²) in [5.41, 5.74) is 11.3. The van der Waals surface area contributed by atoms with E-state index in [4.69, 9.17) is 4.74 Å². The van der Waals surface area contributed by atoms with Gasteiger partial charge in [-0.15, -0.1) is 9.24 Å². The molecule has 1 aliphatic carbocycles. The molecule has 1 heterocycles. The highest BCUT2D eigenvalue weighted by Crippen LogP contribution is 2.58. The van der Waals surface area contributed by atoms with E-state index in [0.717, 1.165) is 43.9 Å². The molecule has 7 aromatic rings. The zero-order chi connectivity index (χ0) is 33.3. The molecule has 236 valence electrons. The van der Waals surface area contributed by atoms with Crippen molar-refractivity contribution in [3.05, 3.63) is 185 Å². The Bertz CT molecular complexity index is 2450. The molecule has 0 bridgehead atoms. The van der Waals surface area contributed by atoms with Gasteiger partial charge in [0.05, 0.1) is 0 Å². The first-order valence-electron chi connectivity index (χ1n) is 16.7. The van der Waals surface area contributed by atoms with Gasteiger partial charge in [-0.3, -0.25) is 0 Å². The first-order valence-corrected chi connectivity index (χ1v) is 17.3. The molecule has 7 aromatic carbocycles. The molecule has 0 N–H and O–H groups in total. The second-order valence-electron chi connectivity index (χ2n) is 13.7. The van der Waals surface area contributed by atoms with Crippen LogP contribution < -0.4 is 10.0 Å². The molecule has 49 heavy (non-hydrogen) atoms. The molecular weight excluding hydrogens is 618 g/mol. The zero-order valence-electron chi connectivity index (χ0n) is 27.4. The Morgan fingerprint density at radius 2 is 1.24 bits per heavy atom. The molecule has 0 spiro atoms. The minimum atomic E-state index is -0.922. The fourth-order valence-electron chi connectivity index (χ4n) is 8.06. The molecule has 2 aliphatic rings. The SMILES string of the molecule is CC1(C)c2cc(P)ccc2-c2c1c1c(c3cc(F)ccc23)OC(c2ccccc2)(c2ccc(-c3cccc(-c4ccccc4)c3)cc2)C=C1. The Morgan fingerprint density at radius 3 is 1.98 bits per heavy atom. The van der Waals surface area contributed by atoms with E-state index < -0.39 is 5.60 Å². The minimum Gasteiger partial charge on any atom is -0.472 e. The standard InChI is InChI=1S/C46H34FOP/c1-45(2)41-28-36(49)21-23-38(41)42-37-22-20-35(47)27-40(37)44-39(43(42)45)24-25-46(48-44,33-14-7-4-8-15-33)34-18-16-30(17-19-34)32-13-9-12-31(26-32)29-10-5-3-6-11-29/h3-28H,49H2,1-2H3. The second kappa shape index (κ2) is 11.1. The topological polar surface area (TPSA) is 9.23 Å². The summed E-state index contributed by atoms with van der Waals surface area (Å²) in [4.78, 5) is 0. The van der Waals surface area contributed by atoms with Crippen LogP contribution in [0, 0.1) is 5.82 Å². The van der Waals surface area contributed by atoms with Crippen LogP contribution in [0.15, 0.2) is 152 Å². The van der Waals surface area contributed by atoms with E-state index >= 15 is 4.39 Å². The fourth-order valence-corrected chi connectivity index (χ4v) is 8.32. The summed E-state index contributed by atoms with van der Waals surface area (Å²) in [5.74, 6) is 0.434. The molecule has 0 aromatic heterocycles. The molecule has 0 saturated heterocycles. The highest BCUT2D eigenvalue weighted by molar-refractivity contribution is 7.27. The van der Waals surface area contributed by atoms with Gasteiger partial charge in [0.15, 0.2) is 5.60 Å². The van der Waals surface area contributed by atoms with Crippen molar-refractivity contribution in [1.82, 2.24) is 0 Å². The highest BCUT2D eigenvalue weighted by Gasteiger charge is 2.44. The third-order valence-electron chi connectivity index (χ3n) is 10.4. The van der Waals surface area contributed by atoms with E-state index in [0.29, 0.717) is 5.75 Å². The average molecular weight is 653 g/mol. The van der Waals surface area contributed by atoms with Crippen LogP contribution in [-0.2, 0) is 11.0 Å². The summed E-state index contributed by atoms with van der Waals surface area (Å²) >= 11 is 0. The number of halogens is 1. The van der Waals surface area contributed by atoms with Crippen LogP contribution in [0.2, 0.25) is 0 Å². The van der Waals surface area contributed by atoms with Crippen molar-refractivity contribution in [2.75, 3.05) is 0 Å². The summed E-state index contributed by atoms with van der Waals surface area (Å²) in [6, 6.07) is 49.9. The van der Waals surface area contributed by atoms with Crippen molar-refractivity contribution in [2.24, 2.45) is 0 Å². The number of benzene rings is 7. The van der Waals surface area contributed by atoms with Gasteiger partial charge in [0, 0.05) is 27.5 Å². The lowest BCUT2D eigenvalue weighted by Crippen LogP contribution is -2.35. The first kappa shape index (κ1) is 29.8. The molecular formula is C46H34FOP. The monoisotopic (exact) mass is 652 g/mol. The van der Waals surface area contributed by atoms with Gasteiger partial charge in [0.1, 0.15) is 11.6 Å². The number of fused-ring (bicyclic) bond motifs is 8. The smallest absolute Gasteiger partial charge is 0.178 e. The molecule has 0 saturated carbocycles. The van der Waals surface area contributed by atoms with Crippen LogP contribution in [-0.4, -0.2) is 0 Å². The van der Waals surface area contributed by atoms with Crippen molar-refractivity contribution in [1.29, 1.82) is 0 Å². The van der Waals surface area contributed by atoms with E-state index in [1.54, 1.807) is 12.1 Å². The van der Waals surface area contributed by atoms with Crippen LogP contribution in [0.25, 0.3) is 50.2 Å². The molecule has 9 rings (SSSR count). The predicted molar refractivity (Wildman–Crippen MR) is 205 cm³/mol. The van der Waals surface area contributed by atoms with Crippen LogP contribution >= 0.6 is 9.24 Å². The average Bonchev–Trinajstić information content (AvgIpc) is 3.38. The van der Waals surface area contributed by atoms with Gasteiger partial charge < -0.3 is 4.74 Å². The van der Waals surface area contributed by atoms with Gasteiger partial charge in [0.2, 0.25) is 0 Å². The van der Waals surface area contributed by atoms with E-state index in [-0.39, 0.29) is 11.2 Å². The van der Waals surface area contributed by atoms with Crippen LogP contribution in [0.3, 0.4) is 0 Å². The van der Waals surface area contributed by atoms with Crippen LogP contribution in [0.1, 0.15) is 41.7 Å². The van der Waals surface area contributed by atoms with Crippen molar-refractivity contribution in [3.8, 4) is 39.1 Å². The molecule has 1 nitrogen and oxygen atoms in total. The van der Waals surface area contributed by atoms with E-state index in [2.05, 4.69) is 138 Å². The second-order valence-corrected chi connectivity index (χ2v) is 14.3. The number of ether oxygens (including phenoxy) is 1. The highest BCUT2D eigenvalue weighted by atomic mass is 31.0. The molecule has 1 aliphatic heterocycles. The van der Waals surface area contributed by atoms with Gasteiger partial charge in [-0.2, -0.15) is 0 Å². The quantitative estimate of drug-likeness (QED) is 0.172. The third-order valence-corrected chi connectivity index (χ3v) is 10.8. The van der Waals surface area contributed by atoms with Crippen molar-refractivity contribution in [3.63, 3.8) is 0 Å². The molecule has 0 amide bonds. The van der Waals surface area contributed by atoms with Gasteiger partial charge >= 0.3 is 0 Å². The fraction of sp³-hybridized carbons (Fsp3) is 0.0870. The summed E-state index contributed by atoms with van der Waals surface area (Å²) in [7, 11) is 2.84. The van der Waals surface area contributed by atoms with Gasteiger partial charge in [-0.25, -0.2) is 4.39 Å². The van der Waals surface area contributed by atoms with Crippen molar-refractivity contribution in [2.45, 2.75) is 24.9 Å². The maximum absolute atomic E-state index is 15.2. The summed E-state index contributed by atoms with van der Waals surface area (Å²) in [5, 5.41) is 2.93. The Balaban J connectivity index is 1.22. The summed E-state index contributed by atoms with van der Waals surface area (Å²) in [6.07, 6.45) is 4.42. The van der Waals surface area contributed by atoms with Crippen molar-refractivity contribution < 1.29 is 9.13 Å². The molecule has 2 unspecified atom stereocenters. The van der Waals surface area contributed by atoms with Gasteiger partial charge in [-0.1, -0.05) is 147 Å². The first-order chi connectivity index (χ1) is 23.8. The number of hydrogen-bond donors (Lipinski definition) is 0. The summed E-state index contributed by atoms with van der Waals surface area (Å²) < 4.78 is 22.5. The lowest BCUT2D eigenvalue weighted by molar-refractivity contribution is 0.163. The maximum Gasteiger partial charge on any atom is 0.178 e. The van der Waals surface area contributed by atoms with Crippen LogP contribution in [0.5, 0.6) is 5.75 Å². The number of rotatable bonds is 4. The lowest BCUT2D eigenvalue weighted by Gasteiger charge is -2.38. The molecule has 2 atom stereocenters. The predicted octanol–water partition coefficient (Wildman–Crippen LogP) is 11.5. The molecule has 3 heteroatoms.